The number of rotatable bonds is 5. The molecule has 0 aliphatic carbocycles. The van der Waals surface area contributed by atoms with E-state index in [2.05, 4.69) is 0 Å². The van der Waals surface area contributed by atoms with Gasteiger partial charge >= 0.3 is 0 Å². The lowest BCUT2D eigenvalue weighted by Gasteiger charge is -2.09. The molecule has 0 aliphatic heterocycles. The van der Waals surface area contributed by atoms with Crippen LogP contribution in [0.3, 0.4) is 0 Å². The number of nitrogens with two attached hydrogens (primary N) is 1. The molecule has 0 radical (unpaired) electrons. The lowest BCUT2D eigenvalue weighted by atomic mass is 10.1. The molecule has 2 aromatic rings. The highest BCUT2D eigenvalue weighted by atomic mass is 32.1. The quantitative estimate of drug-likeness (QED) is 0.836. The van der Waals surface area contributed by atoms with E-state index in [1.165, 1.54) is 0 Å². The van der Waals surface area contributed by atoms with Crippen LogP contribution in [0.15, 0.2) is 54.6 Å². The molecule has 2 rings (SSSR count). The third kappa shape index (κ3) is 3.39. The number of hydrogen-bond donors (Lipinski definition) is 1. The summed E-state index contributed by atoms with van der Waals surface area (Å²) < 4.78 is 5.68. The van der Waals surface area contributed by atoms with Crippen LogP contribution in [-0.4, -0.2) is 4.99 Å². The van der Waals surface area contributed by atoms with E-state index in [0.717, 1.165) is 16.7 Å². The van der Waals surface area contributed by atoms with Crippen molar-refractivity contribution in [2.24, 2.45) is 5.73 Å². The molecule has 0 saturated heterocycles. The van der Waals surface area contributed by atoms with Gasteiger partial charge in [0.2, 0.25) is 0 Å². The van der Waals surface area contributed by atoms with Crippen molar-refractivity contribution >= 4 is 17.2 Å². The van der Waals surface area contributed by atoms with Gasteiger partial charge in [0, 0.05) is 5.56 Å². The SMILES string of the molecule is NC(=S)c1ccccc1COCc1ccccc1. The predicted octanol–water partition coefficient (Wildman–Crippen LogP) is 3.04. The Balaban J connectivity index is 1.97. The van der Waals surface area contributed by atoms with Gasteiger partial charge in [-0.25, -0.2) is 0 Å². The van der Waals surface area contributed by atoms with Crippen LogP contribution in [0.4, 0.5) is 0 Å². The normalized spacial score (nSPS) is 10.2. The maximum Gasteiger partial charge on any atom is 0.104 e. The Hall–Kier alpha value is -1.71. The summed E-state index contributed by atoms with van der Waals surface area (Å²) in [5.41, 5.74) is 8.75. The zero-order chi connectivity index (χ0) is 12.8. The number of thiocarbonyl (C=S) groups is 1. The van der Waals surface area contributed by atoms with Crippen molar-refractivity contribution < 1.29 is 4.74 Å². The van der Waals surface area contributed by atoms with Crippen molar-refractivity contribution in [1.29, 1.82) is 0 Å². The van der Waals surface area contributed by atoms with Crippen LogP contribution in [0.1, 0.15) is 16.7 Å². The number of ether oxygens (including phenoxy) is 1. The smallest absolute Gasteiger partial charge is 0.104 e. The second-order valence-electron chi connectivity index (χ2n) is 4.00. The maximum absolute atomic E-state index is 5.68. The first-order valence-corrected chi connectivity index (χ1v) is 6.17. The molecule has 2 aromatic carbocycles. The Kier molecular flexibility index (Phi) is 4.45. The van der Waals surface area contributed by atoms with Crippen LogP contribution >= 0.6 is 12.2 Å². The van der Waals surface area contributed by atoms with Crippen molar-refractivity contribution in [3.05, 3.63) is 71.3 Å². The highest BCUT2D eigenvalue weighted by molar-refractivity contribution is 7.80. The van der Waals surface area contributed by atoms with Crippen LogP contribution in [0, 0.1) is 0 Å². The highest BCUT2D eigenvalue weighted by Gasteiger charge is 2.04. The van der Waals surface area contributed by atoms with E-state index in [4.69, 9.17) is 22.7 Å². The topological polar surface area (TPSA) is 35.2 Å². The maximum atomic E-state index is 5.68. The summed E-state index contributed by atoms with van der Waals surface area (Å²) >= 11 is 5.02. The van der Waals surface area contributed by atoms with Crippen LogP contribution in [0.2, 0.25) is 0 Å². The third-order valence-corrected chi connectivity index (χ3v) is 2.87. The van der Waals surface area contributed by atoms with Gasteiger partial charge < -0.3 is 10.5 Å². The fourth-order valence-electron chi connectivity index (χ4n) is 1.74. The van der Waals surface area contributed by atoms with Gasteiger partial charge in [-0.2, -0.15) is 0 Å². The van der Waals surface area contributed by atoms with Gasteiger partial charge in [0.15, 0.2) is 0 Å². The molecule has 0 amide bonds. The summed E-state index contributed by atoms with van der Waals surface area (Å²) in [6.45, 7) is 1.11. The molecule has 18 heavy (non-hydrogen) atoms. The number of benzene rings is 2. The lowest BCUT2D eigenvalue weighted by Crippen LogP contribution is -2.12. The Morgan fingerprint density at radius 2 is 1.61 bits per heavy atom. The first-order valence-electron chi connectivity index (χ1n) is 5.77. The standard InChI is InChI=1S/C15H15NOS/c16-15(18)14-9-5-4-8-13(14)11-17-10-12-6-2-1-3-7-12/h1-9H,10-11H2,(H2,16,18). The molecule has 0 fully saturated rings. The van der Waals surface area contributed by atoms with Crippen molar-refractivity contribution in [1.82, 2.24) is 0 Å². The molecule has 0 bridgehead atoms. The molecule has 2 nitrogen and oxygen atoms in total. The largest absolute Gasteiger partial charge is 0.389 e. The summed E-state index contributed by atoms with van der Waals surface area (Å²) in [7, 11) is 0. The van der Waals surface area contributed by atoms with E-state index in [-0.39, 0.29) is 0 Å². The second kappa shape index (κ2) is 6.28. The fourth-order valence-corrected chi connectivity index (χ4v) is 1.94. The van der Waals surface area contributed by atoms with Gasteiger partial charge in [-0.1, -0.05) is 66.8 Å². The van der Waals surface area contributed by atoms with Crippen LogP contribution < -0.4 is 5.73 Å². The van der Waals surface area contributed by atoms with Gasteiger partial charge in [-0.05, 0) is 11.1 Å². The van der Waals surface area contributed by atoms with Crippen LogP contribution in [0.5, 0.6) is 0 Å². The van der Waals surface area contributed by atoms with E-state index in [1.807, 2.05) is 54.6 Å². The Labute approximate surface area is 112 Å². The first kappa shape index (κ1) is 12.7. The van der Waals surface area contributed by atoms with Gasteiger partial charge in [0.25, 0.3) is 0 Å². The molecule has 0 aliphatic rings. The third-order valence-electron chi connectivity index (χ3n) is 2.65. The van der Waals surface area contributed by atoms with Crippen LogP contribution in [0.25, 0.3) is 0 Å². The Morgan fingerprint density at radius 3 is 2.33 bits per heavy atom. The van der Waals surface area contributed by atoms with Crippen molar-refractivity contribution in [3.63, 3.8) is 0 Å². The van der Waals surface area contributed by atoms with E-state index >= 15 is 0 Å². The van der Waals surface area contributed by atoms with Crippen LogP contribution in [-0.2, 0) is 18.0 Å². The lowest BCUT2D eigenvalue weighted by molar-refractivity contribution is 0.107. The summed E-state index contributed by atoms with van der Waals surface area (Å²) in [6, 6.07) is 17.9. The number of hydrogen-bond acceptors (Lipinski definition) is 2. The minimum absolute atomic E-state index is 0.411. The average Bonchev–Trinajstić information content (AvgIpc) is 2.40. The highest BCUT2D eigenvalue weighted by Crippen LogP contribution is 2.11. The summed E-state index contributed by atoms with van der Waals surface area (Å²) in [4.78, 5) is 0.411. The van der Waals surface area contributed by atoms with Crippen molar-refractivity contribution in [2.75, 3.05) is 0 Å². The van der Waals surface area contributed by atoms with Gasteiger partial charge in [0.1, 0.15) is 4.99 Å². The molecule has 0 aromatic heterocycles. The molecule has 0 atom stereocenters. The van der Waals surface area contributed by atoms with E-state index in [1.54, 1.807) is 0 Å². The second-order valence-corrected chi connectivity index (χ2v) is 4.44. The minimum atomic E-state index is 0.411. The van der Waals surface area contributed by atoms with Gasteiger partial charge in [0.05, 0.1) is 13.2 Å². The van der Waals surface area contributed by atoms with Gasteiger partial charge in [-0.15, -0.1) is 0 Å². The molecule has 0 unspecified atom stereocenters. The fraction of sp³-hybridized carbons (Fsp3) is 0.133. The monoisotopic (exact) mass is 257 g/mol. The summed E-state index contributed by atoms with van der Waals surface area (Å²) in [5.74, 6) is 0. The molecular formula is C15H15NOS. The van der Waals surface area contributed by atoms with Crippen molar-refractivity contribution in [3.8, 4) is 0 Å². The average molecular weight is 257 g/mol. The molecule has 2 N–H and O–H groups in total. The molecule has 0 spiro atoms. The molecule has 3 heteroatoms. The Morgan fingerprint density at radius 1 is 0.944 bits per heavy atom. The predicted molar refractivity (Wildman–Crippen MR) is 77.3 cm³/mol. The van der Waals surface area contributed by atoms with E-state index < -0.39 is 0 Å². The summed E-state index contributed by atoms with van der Waals surface area (Å²) in [6.07, 6.45) is 0. The zero-order valence-corrected chi connectivity index (χ0v) is 10.8. The van der Waals surface area contributed by atoms with Gasteiger partial charge in [-0.3, -0.25) is 0 Å². The van der Waals surface area contributed by atoms with Crippen molar-refractivity contribution in [2.45, 2.75) is 13.2 Å². The molecule has 0 saturated carbocycles. The summed E-state index contributed by atoms with van der Waals surface area (Å²) in [5, 5.41) is 0. The van der Waals surface area contributed by atoms with E-state index in [0.29, 0.717) is 18.2 Å². The minimum Gasteiger partial charge on any atom is -0.389 e. The molecule has 0 heterocycles. The Bertz CT molecular complexity index is 525. The first-order chi connectivity index (χ1) is 8.77. The zero-order valence-electron chi connectivity index (χ0n) is 10.0. The molecule has 92 valence electrons. The van der Waals surface area contributed by atoms with E-state index in [9.17, 15) is 0 Å². The molecular weight excluding hydrogens is 242 g/mol.